The van der Waals surface area contributed by atoms with Crippen molar-refractivity contribution < 1.29 is 30.0 Å². The van der Waals surface area contributed by atoms with Crippen molar-refractivity contribution in [2.75, 3.05) is 0 Å². The Morgan fingerprint density at radius 3 is 2.18 bits per heavy atom. The van der Waals surface area contributed by atoms with E-state index in [9.17, 15) is 9.90 Å². The Hall–Kier alpha value is -3.62. The Labute approximate surface area is 323 Å². The number of hydrogen-bond acceptors (Lipinski definition) is 4. The molecular weight excluding hydrogens is 825 g/mol. The van der Waals surface area contributed by atoms with Crippen LogP contribution in [-0.2, 0) is 35.9 Å². The van der Waals surface area contributed by atoms with E-state index in [1.165, 1.54) is 43.1 Å². The predicted molar refractivity (Wildman–Crippen MR) is 214 cm³/mol. The minimum absolute atomic E-state index is 0. The SMILES string of the molecule is CCC(CC)C(=O)/C=C(\O)C(CC)CC.[C-]#[N+]C(C)(C)c1ccc(-c2cc3ccnc(-c4[c-]c5ccccc5c(C(C)(C)C)c4)c3s2)c(C)c1.[Ir]. The number of aryl methyl sites for hydroxylation is 1. The average molecular weight is 878 g/mol. The van der Waals surface area contributed by atoms with Crippen LogP contribution in [0.5, 0.6) is 0 Å². The van der Waals surface area contributed by atoms with Crippen LogP contribution in [0.4, 0.5) is 0 Å². The van der Waals surface area contributed by atoms with Crippen LogP contribution in [0.25, 0.3) is 47.4 Å². The van der Waals surface area contributed by atoms with Gasteiger partial charge in [0.05, 0.1) is 5.76 Å². The van der Waals surface area contributed by atoms with Crippen molar-refractivity contribution >= 4 is 38.0 Å². The van der Waals surface area contributed by atoms with Gasteiger partial charge in [-0.1, -0.05) is 89.7 Å². The van der Waals surface area contributed by atoms with Crippen molar-refractivity contribution in [3.8, 4) is 21.7 Å². The van der Waals surface area contributed by atoms with Crippen molar-refractivity contribution in [3.05, 3.63) is 113 Å². The smallest absolute Gasteiger partial charge is 0.252 e. The molecule has 1 radical (unpaired) electrons. The minimum Gasteiger partial charge on any atom is -0.512 e. The van der Waals surface area contributed by atoms with Crippen LogP contribution in [0, 0.1) is 31.4 Å². The predicted octanol–water partition coefficient (Wildman–Crippen LogP) is 13.2. The topological polar surface area (TPSA) is 54.5 Å². The van der Waals surface area contributed by atoms with Gasteiger partial charge in [0.15, 0.2) is 5.78 Å². The Balaban J connectivity index is 0.000000374. The molecule has 0 atom stereocenters. The summed E-state index contributed by atoms with van der Waals surface area (Å²) in [4.78, 5) is 21.6. The van der Waals surface area contributed by atoms with Gasteiger partial charge < -0.3 is 9.95 Å². The van der Waals surface area contributed by atoms with Gasteiger partial charge in [-0.05, 0) is 72.7 Å². The van der Waals surface area contributed by atoms with Crippen LogP contribution in [0.15, 0.2) is 78.7 Å². The number of ketones is 1. The maximum absolute atomic E-state index is 11.7. The van der Waals surface area contributed by atoms with Crippen LogP contribution < -0.4 is 0 Å². The number of pyridine rings is 1. The summed E-state index contributed by atoms with van der Waals surface area (Å²) in [6, 6.07) is 25.2. The first kappa shape index (κ1) is 41.8. The van der Waals surface area contributed by atoms with Crippen molar-refractivity contribution in [1.29, 1.82) is 0 Å². The fourth-order valence-electron chi connectivity index (χ4n) is 6.43. The number of hydrogen-bond donors (Lipinski definition) is 1. The van der Waals surface area contributed by atoms with E-state index in [-0.39, 0.29) is 48.9 Å². The number of rotatable bonds is 10. The molecule has 0 fully saturated rings. The number of carbonyl (C=O) groups excluding carboxylic acids is 1. The summed E-state index contributed by atoms with van der Waals surface area (Å²) in [5.41, 5.74) is 6.28. The number of carbonyl (C=O) groups is 1. The Morgan fingerprint density at radius 1 is 0.941 bits per heavy atom. The second-order valence-corrected chi connectivity index (χ2v) is 15.8. The average Bonchev–Trinajstić information content (AvgIpc) is 3.53. The van der Waals surface area contributed by atoms with E-state index in [4.69, 9.17) is 11.6 Å². The number of nitrogens with zero attached hydrogens (tertiary/aromatic N) is 2. The van der Waals surface area contributed by atoms with E-state index in [1.54, 1.807) is 11.3 Å². The van der Waals surface area contributed by atoms with Crippen LogP contribution in [0.1, 0.15) is 105 Å². The molecule has 2 heterocycles. The minimum atomic E-state index is -0.517. The molecular formula is C45H53IrN2O2S-. The third kappa shape index (κ3) is 9.63. The summed E-state index contributed by atoms with van der Waals surface area (Å²) < 4.78 is 1.18. The Bertz CT molecular complexity index is 2040. The van der Waals surface area contributed by atoms with Gasteiger partial charge in [-0.2, -0.15) is 0 Å². The maximum Gasteiger partial charge on any atom is 0.252 e. The molecule has 1 N–H and O–H groups in total. The summed E-state index contributed by atoms with van der Waals surface area (Å²) in [5, 5.41) is 13.3. The van der Waals surface area contributed by atoms with Gasteiger partial charge in [0.25, 0.3) is 5.54 Å². The van der Waals surface area contributed by atoms with Gasteiger partial charge in [-0.3, -0.25) is 9.78 Å². The van der Waals surface area contributed by atoms with Gasteiger partial charge in [0, 0.05) is 78.9 Å². The number of aliphatic hydroxyl groups is 1. The molecule has 4 nitrogen and oxygen atoms in total. The van der Waals surface area contributed by atoms with Gasteiger partial charge >= 0.3 is 0 Å². The fraction of sp³-hybridized carbons (Fsp3) is 0.400. The molecule has 0 amide bonds. The second kappa shape index (κ2) is 17.7. The van der Waals surface area contributed by atoms with Gasteiger partial charge in [-0.25, -0.2) is 6.57 Å². The summed E-state index contributed by atoms with van der Waals surface area (Å²) in [6.07, 6.45) is 6.81. The molecule has 271 valence electrons. The van der Waals surface area contributed by atoms with Crippen LogP contribution >= 0.6 is 11.3 Å². The molecule has 0 saturated heterocycles. The molecule has 5 rings (SSSR count). The zero-order valence-electron chi connectivity index (χ0n) is 31.9. The number of thiophene rings is 1. The molecule has 51 heavy (non-hydrogen) atoms. The Morgan fingerprint density at radius 2 is 1.59 bits per heavy atom. The molecule has 0 saturated carbocycles. The molecule has 0 aliphatic carbocycles. The van der Waals surface area contributed by atoms with Crippen LogP contribution in [0.3, 0.4) is 0 Å². The first-order valence-electron chi connectivity index (χ1n) is 18.0. The van der Waals surface area contributed by atoms with E-state index in [0.29, 0.717) is 0 Å². The number of aromatic nitrogens is 1. The molecule has 2 aromatic heterocycles. The monoisotopic (exact) mass is 878 g/mol. The van der Waals surface area contributed by atoms with Crippen molar-refractivity contribution in [1.82, 2.24) is 4.98 Å². The fourth-order valence-corrected chi connectivity index (χ4v) is 7.68. The zero-order chi connectivity index (χ0) is 36.8. The molecule has 0 unspecified atom stereocenters. The van der Waals surface area contributed by atoms with Crippen molar-refractivity contribution in [2.45, 2.75) is 106 Å². The largest absolute Gasteiger partial charge is 0.512 e. The van der Waals surface area contributed by atoms with Crippen molar-refractivity contribution in [2.24, 2.45) is 11.8 Å². The summed E-state index contributed by atoms with van der Waals surface area (Å²) in [5.74, 6) is 0.547. The summed E-state index contributed by atoms with van der Waals surface area (Å²) in [6.45, 7) is 28.5. The van der Waals surface area contributed by atoms with Gasteiger partial charge in [-0.15, -0.1) is 40.5 Å². The molecule has 0 aliphatic rings. The molecule has 0 spiro atoms. The molecule has 0 aliphatic heterocycles. The first-order chi connectivity index (χ1) is 23.7. The van der Waals surface area contributed by atoms with Crippen LogP contribution in [-0.4, -0.2) is 15.9 Å². The zero-order valence-corrected chi connectivity index (χ0v) is 35.1. The number of fused-ring (bicyclic) bond motifs is 2. The molecule has 3 aromatic carbocycles. The third-order valence-corrected chi connectivity index (χ3v) is 11.0. The van der Waals surface area contributed by atoms with Gasteiger partial charge in [0.2, 0.25) is 0 Å². The number of allylic oxidation sites excluding steroid dienone is 2. The normalized spacial score (nSPS) is 12.1. The second-order valence-electron chi connectivity index (χ2n) is 14.8. The van der Waals surface area contributed by atoms with E-state index >= 15 is 0 Å². The molecule has 0 bridgehead atoms. The summed E-state index contributed by atoms with van der Waals surface area (Å²) in [7, 11) is 0. The van der Waals surface area contributed by atoms with E-state index in [1.807, 2.05) is 47.7 Å². The molecule has 6 heteroatoms. The van der Waals surface area contributed by atoms with Crippen LogP contribution in [0.2, 0.25) is 0 Å². The standard InChI is InChI=1S/C32H29N2S.C13H24O2.Ir/c1-20-16-24(32(5,6)33-7)12-13-25(20)28-19-22-14-15-34-29(30(22)35-28)23-17-21-10-8-9-11-26(21)27(18-23)31(2,3)4;1-5-10(6-2)12(14)9-13(15)11(7-3)8-4;/h8-16,18-19H,1-6H3;9-11,14H,5-8H2,1-4H3;/q-1;;/b;12-9-;. The van der Waals surface area contributed by atoms with E-state index in [0.717, 1.165) is 47.9 Å². The van der Waals surface area contributed by atoms with Gasteiger partial charge in [0.1, 0.15) is 0 Å². The Kier molecular flexibility index (Phi) is 14.5. The first-order valence-corrected chi connectivity index (χ1v) is 18.8. The van der Waals surface area contributed by atoms with E-state index < -0.39 is 5.54 Å². The quantitative estimate of drug-likeness (QED) is 0.0864. The number of aliphatic hydroxyl groups excluding tert-OH is 1. The van der Waals surface area contributed by atoms with E-state index in [2.05, 4.69) is 99.3 Å². The maximum atomic E-state index is 11.7. The third-order valence-electron chi connectivity index (χ3n) is 9.83. The summed E-state index contributed by atoms with van der Waals surface area (Å²) >= 11 is 1.78. The van der Waals surface area contributed by atoms with Crippen molar-refractivity contribution in [3.63, 3.8) is 0 Å². The number of benzene rings is 3. The molecule has 5 aromatic rings.